The smallest absolute Gasteiger partial charge is 0.319 e. The normalized spacial score (nSPS) is 15.2. The molecule has 2 heterocycles. The molecule has 0 radical (unpaired) electrons. The number of anilines is 1. The van der Waals surface area contributed by atoms with Crippen LogP contribution in [-0.2, 0) is 6.54 Å². The van der Waals surface area contributed by atoms with Gasteiger partial charge in [-0.1, -0.05) is 49.3 Å². The second-order valence-corrected chi connectivity index (χ2v) is 8.32. The molecule has 7 nitrogen and oxygen atoms in total. The number of nitrogens with zero attached hydrogens (tertiary/aromatic N) is 3. The van der Waals surface area contributed by atoms with Crippen LogP contribution < -0.4 is 10.6 Å². The molecule has 1 fully saturated rings. The molecule has 3 aromatic rings. The third-order valence-corrected chi connectivity index (χ3v) is 5.52. The summed E-state index contributed by atoms with van der Waals surface area (Å²) in [4.78, 5) is 19.2. The summed E-state index contributed by atoms with van der Waals surface area (Å²) in [6.45, 7) is 6.97. The van der Waals surface area contributed by atoms with Crippen LogP contribution in [0.1, 0.15) is 44.0 Å². The van der Waals surface area contributed by atoms with Crippen molar-refractivity contribution < 1.29 is 9.32 Å². The summed E-state index contributed by atoms with van der Waals surface area (Å²) >= 11 is 0. The number of hydrogen-bond donors (Lipinski definition) is 2. The third kappa shape index (κ3) is 5.70. The minimum absolute atomic E-state index is 0.172. The van der Waals surface area contributed by atoms with E-state index in [1.54, 1.807) is 0 Å². The standard InChI is InChI=1S/C24H29N5O2/c1-17(2)22-27-23(31-28-22)19-8-10-20(11-9-19)25-24(30)26-21-12-14-29(15-13-21)16-18-6-4-3-5-7-18/h3-11,17,21H,12-16H2,1-2H3,(H2,25,26,30). The van der Waals surface area contributed by atoms with Crippen molar-refractivity contribution in [2.24, 2.45) is 0 Å². The lowest BCUT2D eigenvalue weighted by atomic mass is 10.0. The Labute approximate surface area is 182 Å². The second kappa shape index (κ2) is 9.75. The molecule has 0 spiro atoms. The summed E-state index contributed by atoms with van der Waals surface area (Å²) in [5, 5.41) is 10.00. The molecule has 1 aliphatic heterocycles. The largest absolute Gasteiger partial charge is 0.335 e. The van der Waals surface area contributed by atoms with Gasteiger partial charge in [-0.05, 0) is 42.7 Å². The lowest BCUT2D eigenvalue weighted by Crippen LogP contribution is -2.45. The van der Waals surface area contributed by atoms with Gasteiger partial charge in [-0.3, -0.25) is 4.90 Å². The molecule has 4 rings (SSSR count). The summed E-state index contributed by atoms with van der Waals surface area (Å²) < 4.78 is 5.31. The Morgan fingerprint density at radius 2 is 1.81 bits per heavy atom. The fourth-order valence-electron chi connectivity index (χ4n) is 3.71. The minimum atomic E-state index is -0.172. The predicted octanol–water partition coefficient (Wildman–Crippen LogP) is 4.65. The molecule has 1 saturated heterocycles. The van der Waals surface area contributed by atoms with E-state index >= 15 is 0 Å². The first-order valence-corrected chi connectivity index (χ1v) is 10.8. The topological polar surface area (TPSA) is 83.3 Å². The van der Waals surface area contributed by atoms with E-state index in [-0.39, 0.29) is 18.0 Å². The number of nitrogens with one attached hydrogen (secondary N) is 2. The van der Waals surface area contributed by atoms with Gasteiger partial charge in [0.2, 0.25) is 0 Å². The van der Waals surface area contributed by atoms with E-state index in [1.807, 2.05) is 44.2 Å². The zero-order valence-electron chi connectivity index (χ0n) is 18.0. The SMILES string of the molecule is CC(C)c1noc(-c2ccc(NC(=O)NC3CCN(Cc4ccccc4)CC3)cc2)n1. The molecule has 31 heavy (non-hydrogen) atoms. The molecule has 2 aromatic carbocycles. The zero-order chi connectivity index (χ0) is 21.6. The molecule has 0 unspecified atom stereocenters. The van der Waals surface area contributed by atoms with Gasteiger partial charge in [0.25, 0.3) is 5.89 Å². The summed E-state index contributed by atoms with van der Waals surface area (Å²) in [7, 11) is 0. The molecule has 2 amide bonds. The molecule has 1 aromatic heterocycles. The Kier molecular flexibility index (Phi) is 6.62. The fraction of sp³-hybridized carbons (Fsp3) is 0.375. The van der Waals surface area contributed by atoms with Gasteiger partial charge in [0.15, 0.2) is 5.82 Å². The molecular formula is C24H29N5O2. The number of carbonyl (C=O) groups excluding carboxylic acids is 1. The molecule has 162 valence electrons. The lowest BCUT2D eigenvalue weighted by molar-refractivity contribution is 0.190. The van der Waals surface area contributed by atoms with Crippen molar-refractivity contribution in [3.63, 3.8) is 0 Å². The van der Waals surface area contributed by atoms with Crippen LogP contribution in [0.3, 0.4) is 0 Å². The van der Waals surface area contributed by atoms with Crippen LogP contribution in [0, 0.1) is 0 Å². The molecule has 7 heteroatoms. The number of likely N-dealkylation sites (tertiary alicyclic amines) is 1. The molecule has 0 atom stereocenters. The Bertz CT molecular complexity index is 977. The van der Waals surface area contributed by atoms with E-state index in [2.05, 4.69) is 49.9 Å². The fourth-order valence-corrected chi connectivity index (χ4v) is 3.71. The first-order chi connectivity index (χ1) is 15.1. The molecule has 0 bridgehead atoms. The number of urea groups is 1. The van der Waals surface area contributed by atoms with Crippen molar-refractivity contribution in [3.05, 3.63) is 66.0 Å². The van der Waals surface area contributed by atoms with E-state index in [4.69, 9.17) is 4.52 Å². The van der Waals surface area contributed by atoms with Crippen molar-refractivity contribution in [3.8, 4) is 11.5 Å². The summed E-state index contributed by atoms with van der Waals surface area (Å²) in [5.74, 6) is 1.39. The maximum Gasteiger partial charge on any atom is 0.319 e. The van der Waals surface area contributed by atoms with Crippen LogP contribution in [0.15, 0.2) is 59.1 Å². The first kappa shape index (κ1) is 21.1. The number of benzene rings is 2. The van der Waals surface area contributed by atoms with Gasteiger partial charge in [-0.25, -0.2) is 4.79 Å². The Hall–Kier alpha value is -3.19. The number of carbonyl (C=O) groups is 1. The highest BCUT2D eigenvalue weighted by molar-refractivity contribution is 5.89. The van der Waals surface area contributed by atoms with Crippen molar-refractivity contribution >= 4 is 11.7 Å². The van der Waals surface area contributed by atoms with Gasteiger partial charge in [0.1, 0.15) is 0 Å². The zero-order valence-corrected chi connectivity index (χ0v) is 18.0. The Balaban J connectivity index is 1.23. The Morgan fingerprint density at radius 3 is 2.45 bits per heavy atom. The number of aromatic nitrogens is 2. The summed E-state index contributed by atoms with van der Waals surface area (Å²) in [6.07, 6.45) is 1.91. The molecule has 0 aliphatic carbocycles. The number of amides is 2. The van der Waals surface area contributed by atoms with Crippen LogP contribution in [-0.4, -0.2) is 40.2 Å². The number of rotatable bonds is 6. The van der Waals surface area contributed by atoms with Gasteiger partial charge in [0, 0.05) is 42.8 Å². The molecular weight excluding hydrogens is 390 g/mol. The van der Waals surface area contributed by atoms with Gasteiger partial charge >= 0.3 is 6.03 Å². The molecule has 2 N–H and O–H groups in total. The molecule has 1 aliphatic rings. The minimum Gasteiger partial charge on any atom is -0.335 e. The highest BCUT2D eigenvalue weighted by atomic mass is 16.5. The monoisotopic (exact) mass is 419 g/mol. The van der Waals surface area contributed by atoms with Crippen LogP contribution in [0.2, 0.25) is 0 Å². The van der Waals surface area contributed by atoms with Crippen molar-refractivity contribution in [2.45, 2.75) is 45.2 Å². The maximum absolute atomic E-state index is 12.4. The first-order valence-electron chi connectivity index (χ1n) is 10.8. The van der Waals surface area contributed by atoms with Crippen LogP contribution in [0.25, 0.3) is 11.5 Å². The quantitative estimate of drug-likeness (QED) is 0.608. The molecule has 0 saturated carbocycles. The van der Waals surface area contributed by atoms with E-state index in [0.29, 0.717) is 11.7 Å². The van der Waals surface area contributed by atoms with Gasteiger partial charge in [-0.15, -0.1) is 0 Å². The van der Waals surface area contributed by atoms with Crippen molar-refractivity contribution in [2.75, 3.05) is 18.4 Å². The highest BCUT2D eigenvalue weighted by Gasteiger charge is 2.21. The summed E-state index contributed by atoms with van der Waals surface area (Å²) in [6, 6.07) is 18.0. The van der Waals surface area contributed by atoms with Crippen LogP contribution in [0.4, 0.5) is 10.5 Å². The van der Waals surface area contributed by atoms with Gasteiger partial charge in [0.05, 0.1) is 0 Å². The van der Waals surface area contributed by atoms with Crippen LogP contribution in [0.5, 0.6) is 0 Å². The van der Waals surface area contributed by atoms with Crippen molar-refractivity contribution in [1.29, 1.82) is 0 Å². The van der Waals surface area contributed by atoms with Gasteiger partial charge < -0.3 is 15.2 Å². The summed E-state index contributed by atoms with van der Waals surface area (Å²) in [5.41, 5.74) is 2.89. The lowest BCUT2D eigenvalue weighted by Gasteiger charge is -2.32. The predicted molar refractivity (Wildman–Crippen MR) is 121 cm³/mol. The maximum atomic E-state index is 12.4. The Morgan fingerprint density at radius 1 is 1.10 bits per heavy atom. The average molecular weight is 420 g/mol. The highest BCUT2D eigenvalue weighted by Crippen LogP contribution is 2.22. The third-order valence-electron chi connectivity index (χ3n) is 5.52. The van der Waals surface area contributed by atoms with Gasteiger partial charge in [-0.2, -0.15) is 4.98 Å². The van der Waals surface area contributed by atoms with Crippen LogP contribution >= 0.6 is 0 Å². The number of piperidine rings is 1. The average Bonchev–Trinajstić information content (AvgIpc) is 3.27. The van der Waals surface area contributed by atoms with E-state index in [1.165, 1.54) is 5.56 Å². The van der Waals surface area contributed by atoms with Crippen molar-refractivity contribution in [1.82, 2.24) is 20.4 Å². The number of hydrogen-bond acceptors (Lipinski definition) is 5. The van der Waals surface area contributed by atoms with E-state index < -0.39 is 0 Å². The second-order valence-electron chi connectivity index (χ2n) is 8.32. The van der Waals surface area contributed by atoms with E-state index in [0.717, 1.165) is 43.7 Å². The van der Waals surface area contributed by atoms with E-state index in [9.17, 15) is 4.79 Å².